The summed E-state index contributed by atoms with van der Waals surface area (Å²) in [5.41, 5.74) is 4.60. The van der Waals surface area contributed by atoms with Crippen molar-refractivity contribution in [1.82, 2.24) is 0 Å². The van der Waals surface area contributed by atoms with Crippen molar-refractivity contribution in [3.63, 3.8) is 0 Å². The monoisotopic (exact) mass is 533 g/mol. The predicted octanol–water partition coefficient (Wildman–Crippen LogP) is 6.80. The number of rotatable bonds is 10. The molecule has 4 aromatic rings. The second kappa shape index (κ2) is 12.3. The minimum Gasteiger partial charge on any atom is -0.624 e. The maximum atomic E-state index is 13.2. The van der Waals surface area contributed by atoms with Crippen molar-refractivity contribution in [2.75, 3.05) is 20.3 Å². The van der Waals surface area contributed by atoms with Crippen LogP contribution in [0.2, 0.25) is 0 Å². The van der Waals surface area contributed by atoms with Gasteiger partial charge in [0.2, 0.25) is 5.71 Å². The number of hydrogen-bond acceptors (Lipinski definition) is 5. The summed E-state index contributed by atoms with van der Waals surface area (Å²) in [6.45, 7) is 2.48. The molecule has 0 saturated heterocycles. The van der Waals surface area contributed by atoms with Crippen LogP contribution in [-0.4, -0.2) is 36.7 Å². The molecule has 0 N–H and O–H groups in total. The Labute approximate surface area is 234 Å². The van der Waals surface area contributed by atoms with E-state index < -0.39 is 5.97 Å². The van der Waals surface area contributed by atoms with Gasteiger partial charge in [-0.2, -0.15) is 0 Å². The van der Waals surface area contributed by atoms with Crippen LogP contribution in [0.1, 0.15) is 35.6 Å². The normalized spacial score (nSPS) is 13.6. The van der Waals surface area contributed by atoms with Crippen LogP contribution in [0.3, 0.4) is 0 Å². The van der Waals surface area contributed by atoms with Crippen molar-refractivity contribution in [2.24, 2.45) is 0 Å². The number of nitrogens with zero attached hydrogens (tertiary/aromatic N) is 1. The van der Waals surface area contributed by atoms with Crippen molar-refractivity contribution in [3.05, 3.63) is 136 Å². The Hall–Kier alpha value is -4.84. The maximum Gasteiger partial charge on any atom is 0.345 e. The molecule has 0 heterocycles. The Balaban J connectivity index is 1.44. The molecule has 0 atom stereocenters. The number of carbonyl (C=O) groups is 1. The van der Waals surface area contributed by atoms with E-state index in [1.165, 1.54) is 12.6 Å². The molecule has 0 bridgehead atoms. The Bertz CT molecular complexity index is 1540. The van der Waals surface area contributed by atoms with Crippen LogP contribution in [0.25, 0.3) is 5.57 Å². The highest BCUT2D eigenvalue weighted by Gasteiger charge is 2.39. The van der Waals surface area contributed by atoms with E-state index in [2.05, 4.69) is 12.1 Å². The minimum atomic E-state index is -0.540. The van der Waals surface area contributed by atoms with Crippen LogP contribution < -0.4 is 9.47 Å². The third-order valence-electron chi connectivity index (χ3n) is 6.64. The van der Waals surface area contributed by atoms with Crippen molar-refractivity contribution in [3.8, 4) is 17.2 Å². The van der Waals surface area contributed by atoms with Crippen LogP contribution in [0.4, 0.5) is 0 Å². The molecular weight excluding hydrogens is 502 g/mol. The van der Waals surface area contributed by atoms with Gasteiger partial charge in [0.15, 0.2) is 0 Å². The molecule has 0 spiro atoms. The SMILES string of the molecule is CCOC(=O)C1=C(c2ccc(Oc3ccccc3)cc2)c2ccc(OCCCc3ccccc3)cc2/C1=[N+](/C)[O-]. The van der Waals surface area contributed by atoms with Gasteiger partial charge in [0, 0.05) is 5.57 Å². The molecule has 6 nitrogen and oxygen atoms in total. The standard InChI is InChI=1S/C34H31NO5/c1-3-38-34(36)32-31(25-16-18-27(19-17-25)40-26-14-8-5-9-15-26)29-21-20-28(23-30(29)33(32)35(2)37)39-22-10-13-24-11-6-4-7-12-24/h4-9,11-12,14-21,23H,3,10,13,22H2,1-2H3/b35-33+. The predicted molar refractivity (Wildman–Crippen MR) is 156 cm³/mol. The number of carbonyl (C=O) groups excluding carboxylic acids is 1. The number of aryl methyl sites for hydroxylation is 1. The summed E-state index contributed by atoms with van der Waals surface area (Å²) in [6.07, 6.45) is 1.77. The lowest BCUT2D eigenvalue weighted by molar-refractivity contribution is -0.421. The lowest BCUT2D eigenvalue weighted by Gasteiger charge is -2.11. The molecular formula is C34H31NO5. The molecule has 0 aromatic heterocycles. The number of fused-ring (bicyclic) bond motifs is 1. The van der Waals surface area contributed by atoms with Gasteiger partial charge in [-0.05, 0) is 78.9 Å². The fourth-order valence-electron chi connectivity index (χ4n) is 4.87. The first-order valence-corrected chi connectivity index (χ1v) is 13.4. The average Bonchev–Trinajstić information content (AvgIpc) is 3.32. The van der Waals surface area contributed by atoms with Crippen LogP contribution in [-0.2, 0) is 16.0 Å². The summed E-state index contributed by atoms with van der Waals surface area (Å²) >= 11 is 0. The van der Waals surface area contributed by atoms with Gasteiger partial charge < -0.3 is 19.4 Å². The number of esters is 1. The van der Waals surface area contributed by atoms with Gasteiger partial charge >= 0.3 is 5.97 Å². The van der Waals surface area contributed by atoms with E-state index in [9.17, 15) is 10.0 Å². The largest absolute Gasteiger partial charge is 0.624 e. The summed E-state index contributed by atoms with van der Waals surface area (Å²) in [5, 5.41) is 12.9. The molecule has 1 aliphatic rings. The van der Waals surface area contributed by atoms with Crippen LogP contribution in [0, 0.1) is 5.21 Å². The van der Waals surface area contributed by atoms with Gasteiger partial charge in [-0.3, -0.25) is 0 Å². The van der Waals surface area contributed by atoms with Crippen molar-refractivity contribution < 1.29 is 23.7 Å². The van der Waals surface area contributed by atoms with E-state index in [4.69, 9.17) is 14.2 Å². The smallest absolute Gasteiger partial charge is 0.345 e. The van der Waals surface area contributed by atoms with Crippen LogP contribution in [0.15, 0.2) is 109 Å². The molecule has 0 amide bonds. The first kappa shape index (κ1) is 26.8. The number of hydrogen-bond donors (Lipinski definition) is 0. The zero-order valence-corrected chi connectivity index (χ0v) is 22.6. The van der Waals surface area contributed by atoms with E-state index in [0.717, 1.165) is 34.5 Å². The lowest BCUT2D eigenvalue weighted by Crippen LogP contribution is -2.21. The molecule has 5 rings (SSSR count). The molecule has 0 aliphatic heterocycles. The number of hydroxylamine groups is 1. The minimum absolute atomic E-state index is 0.196. The summed E-state index contributed by atoms with van der Waals surface area (Å²) in [7, 11) is 1.39. The van der Waals surface area contributed by atoms with E-state index in [0.29, 0.717) is 29.2 Å². The van der Waals surface area contributed by atoms with Crippen LogP contribution in [0.5, 0.6) is 17.2 Å². The van der Waals surface area contributed by atoms with Gasteiger partial charge in [0.25, 0.3) is 0 Å². The van der Waals surface area contributed by atoms with Gasteiger partial charge in [0.05, 0.1) is 18.8 Å². The van der Waals surface area contributed by atoms with Gasteiger partial charge in [-0.25, -0.2) is 9.53 Å². The number of benzene rings is 4. The molecule has 0 saturated carbocycles. The second-order valence-electron chi connectivity index (χ2n) is 9.40. The second-order valence-corrected chi connectivity index (χ2v) is 9.40. The van der Waals surface area contributed by atoms with Crippen molar-refractivity contribution in [1.29, 1.82) is 0 Å². The quantitative estimate of drug-likeness (QED) is 0.0737. The third kappa shape index (κ3) is 5.91. The van der Waals surface area contributed by atoms with E-state index in [1.807, 2.05) is 91.0 Å². The molecule has 202 valence electrons. The fraction of sp³-hybridized carbons (Fsp3) is 0.176. The molecule has 6 heteroatoms. The first-order valence-electron chi connectivity index (χ1n) is 13.4. The van der Waals surface area contributed by atoms with E-state index in [1.54, 1.807) is 6.92 Å². The first-order chi connectivity index (χ1) is 19.5. The highest BCUT2D eigenvalue weighted by Crippen LogP contribution is 2.40. The van der Waals surface area contributed by atoms with Crippen molar-refractivity contribution >= 4 is 17.3 Å². The van der Waals surface area contributed by atoms with E-state index >= 15 is 0 Å². The van der Waals surface area contributed by atoms with Crippen LogP contribution >= 0.6 is 0 Å². The number of para-hydroxylation sites is 1. The molecule has 0 radical (unpaired) electrons. The summed E-state index contributed by atoms with van der Waals surface area (Å²) in [6, 6.07) is 32.9. The molecule has 4 aromatic carbocycles. The Morgan fingerprint density at radius 3 is 2.12 bits per heavy atom. The maximum absolute atomic E-state index is 13.2. The summed E-state index contributed by atoms with van der Waals surface area (Å²) in [4.78, 5) is 13.2. The zero-order valence-electron chi connectivity index (χ0n) is 22.6. The molecule has 0 unspecified atom stereocenters. The Morgan fingerprint density at radius 2 is 1.45 bits per heavy atom. The molecule has 40 heavy (non-hydrogen) atoms. The summed E-state index contributed by atoms with van der Waals surface area (Å²) < 4.78 is 18.1. The Kier molecular flexibility index (Phi) is 8.26. The zero-order chi connectivity index (χ0) is 27.9. The van der Waals surface area contributed by atoms with Gasteiger partial charge in [-0.15, -0.1) is 0 Å². The highest BCUT2D eigenvalue weighted by molar-refractivity contribution is 6.35. The third-order valence-corrected chi connectivity index (χ3v) is 6.64. The Morgan fingerprint density at radius 1 is 0.800 bits per heavy atom. The summed E-state index contributed by atoms with van der Waals surface area (Å²) in [5.74, 6) is 1.49. The van der Waals surface area contributed by atoms with Gasteiger partial charge in [-0.1, -0.05) is 60.7 Å². The van der Waals surface area contributed by atoms with E-state index in [-0.39, 0.29) is 17.9 Å². The highest BCUT2D eigenvalue weighted by atomic mass is 16.5. The lowest BCUT2D eigenvalue weighted by atomic mass is 9.97. The number of ether oxygens (including phenoxy) is 3. The average molecular weight is 534 g/mol. The molecule has 1 aliphatic carbocycles. The van der Waals surface area contributed by atoms with Crippen molar-refractivity contribution in [2.45, 2.75) is 19.8 Å². The fourth-order valence-corrected chi connectivity index (χ4v) is 4.87. The molecule has 0 fully saturated rings. The topological polar surface area (TPSA) is 70.8 Å². The van der Waals surface area contributed by atoms with Gasteiger partial charge in [0.1, 0.15) is 29.9 Å².